The highest BCUT2D eigenvalue weighted by atomic mass is 16.1. The van der Waals surface area contributed by atoms with Crippen LogP contribution in [0.25, 0.3) is 10.9 Å². The number of benzene rings is 1. The molecule has 0 saturated heterocycles. The molecule has 0 saturated carbocycles. The van der Waals surface area contributed by atoms with E-state index in [2.05, 4.69) is 16.4 Å². The molecule has 2 aromatic rings. The van der Waals surface area contributed by atoms with Crippen molar-refractivity contribution in [3.63, 3.8) is 0 Å². The van der Waals surface area contributed by atoms with Crippen molar-refractivity contribution in [3.8, 4) is 0 Å². The van der Waals surface area contributed by atoms with Gasteiger partial charge in [0, 0.05) is 19.5 Å². The van der Waals surface area contributed by atoms with Gasteiger partial charge in [-0.15, -0.1) is 0 Å². The van der Waals surface area contributed by atoms with Gasteiger partial charge >= 0.3 is 0 Å². The Morgan fingerprint density at radius 2 is 2.20 bits per heavy atom. The molecule has 1 heterocycles. The summed E-state index contributed by atoms with van der Waals surface area (Å²) in [5, 5.41) is 3.55. The molecule has 0 atom stereocenters. The van der Waals surface area contributed by atoms with Gasteiger partial charge in [-0.05, 0) is 50.7 Å². The van der Waals surface area contributed by atoms with Crippen LogP contribution in [0.4, 0.5) is 0 Å². The highest BCUT2D eigenvalue weighted by Gasteiger charge is 2.08. The van der Waals surface area contributed by atoms with Crippen LogP contribution in [0.2, 0.25) is 0 Å². The summed E-state index contributed by atoms with van der Waals surface area (Å²) in [5.41, 5.74) is 3.08. The summed E-state index contributed by atoms with van der Waals surface area (Å²) in [5.74, 6) is -0.0207. The monoisotopic (exact) mass is 339 g/mol. The average Bonchev–Trinajstić information content (AvgIpc) is 2.63. The summed E-state index contributed by atoms with van der Waals surface area (Å²) < 4.78 is 1.52. The summed E-state index contributed by atoms with van der Waals surface area (Å²) in [6.07, 6.45) is 9.94. The van der Waals surface area contributed by atoms with Crippen molar-refractivity contribution in [2.75, 3.05) is 6.54 Å². The van der Waals surface area contributed by atoms with Crippen molar-refractivity contribution in [3.05, 3.63) is 52.1 Å². The first-order valence-electron chi connectivity index (χ1n) is 9.04. The number of para-hydroxylation sites is 1. The minimum Gasteiger partial charge on any atom is -0.356 e. The van der Waals surface area contributed by atoms with Gasteiger partial charge in [-0.2, -0.15) is 0 Å². The first-order valence-corrected chi connectivity index (χ1v) is 9.04. The molecule has 0 radical (unpaired) electrons. The van der Waals surface area contributed by atoms with Crippen LogP contribution in [0.1, 0.15) is 44.1 Å². The van der Waals surface area contributed by atoms with Gasteiger partial charge in [-0.25, -0.2) is 4.98 Å². The lowest BCUT2D eigenvalue weighted by Crippen LogP contribution is -2.28. The first-order chi connectivity index (χ1) is 12.1. The number of allylic oxidation sites excluding steroid dienone is 1. The van der Waals surface area contributed by atoms with E-state index in [1.54, 1.807) is 6.07 Å². The van der Waals surface area contributed by atoms with E-state index in [1.807, 2.05) is 19.1 Å². The normalized spacial score (nSPS) is 14.4. The quantitative estimate of drug-likeness (QED) is 0.823. The van der Waals surface area contributed by atoms with E-state index in [0.717, 1.165) is 23.9 Å². The lowest BCUT2D eigenvalue weighted by Gasteiger charge is -2.13. The lowest BCUT2D eigenvalue weighted by atomic mass is 9.97. The number of aromatic nitrogens is 2. The highest BCUT2D eigenvalue weighted by molar-refractivity contribution is 5.80. The lowest BCUT2D eigenvalue weighted by molar-refractivity contribution is -0.121. The molecular weight excluding hydrogens is 314 g/mol. The maximum absolute atomic E-state index is 12.5. The Morgan fingerprint density at radius 1 is 1.32 bits per heavy atom. The number of carbonyl (C=O) groups excluding carboxylic acids is 1. The fourth-order valence-corrected chi connectivity index (χ4v) is 3.30. The van der Waals surface area contributed by atoms with E-state index < -0.39 is 0 Å². The number of hydrogen-bond acceptors (Lipinski definition) is 3. The Morgan fingerprint density at radius 3 is 3.00 bits per heavy atom. The topological polar surface area (TPSA) is 64.0 Å². The van der Waals surface area contributed by atoms with Crippen LogP contribution in [0.15, 0.2) is 41.0 Å². The minimum atomic E-state index is -0.0890. The smallest absolute Gasteiger partial charge is 0.261 e. The number of hydrogen-bond donors (Lipinski definition) is 1. The summed E-state index contributed by atoms with van der Waals surface area (Å²) in [6, 6.07) is 5.58. The van der Waals surface area contributed by atoms with Gasteiger partial charge in [-0.1, -0.05) is 23.8 Å². The van der Waals surface area contributed by atoms with Crippen molar-refractivity contribution in [2.24, 2.45) is 0 Å². The molecule has 0 spiro atoms. The molecule has 0 fully saturated rings. The molecule has 0 bridgehead atoms. The zero-order valence-electron chi connectivity index (χ0n) is 14.8. The van der Waals surface area contributed by atoms with Crippen LogP contribution in [0, 0.1) is 6.92 Å². The van der Waals surface area contributed by atoms with Crippen molar-refractivity contribution in [1.29, 1.82) is 0 Å². The molecule has 1 N–H and O–H groups in total. The fraction of sp³-hybridized carbons (Fsp3) is 0.450. The molecule has 132 valence electrons. The molecule has 1 aliphatic carbocycles. The number of rotatable bonds is 6. The number of nitrogens with zero attached hydrogens (tertiary/aromatic N) is 2. The molecular formula is C20H25N3O2. The molecule has 1 amide bonds. The van der Waals surface area contributed by atoms with Gasteiger partial charge in [0.15, 0.2) is 0 Å². The Kier molecular flexibility index (Phi) is 5.64. The molecule has 5 heteroatoms. The number of fused-ring (bicyclic) bond motifs is 1. The standard InChI is InChI=1S/C20H25N3O2/c1-15-6-5-9-17-19(15)22-14-23(20(17)25)13-11-18(24)21-12-10-16-7-3-2-4-8-16/h5-7,9,14H,2-4,8,10-13H2,1H3,(H,21,24). The van der Waals surface area contributed by atoms with E-state index in [-0.39, 0.29) is 17.9 Å². The summed E-state index contributed by atoms with van der Waals surface area (Å²) >= 11 is 0. The third-order valence-electron chi connectivity index (χ3n) is 4.79. The zero-order chi connectivity index (χ0) is 17.6. The van der Waals surface area contributed by atoms with E-state index in [9.17, 15) is 9.59 Å². The van der Waals surface area contributed by atoms with Crippen LogP contribution in [-0.4, -0.2) is 22.0 Å². The number of amides is 1. The summed E-state index contributed by atoms with van der Waals surface area (Å²) in [6.45, 7) is 2.97. The van der Waals surface area contributed by atoms with Gasteiger partial charge in [0.25, 0.3) is 5.56 Å². The van der Waals surface area contributed by atoms with Gasteiger partial charge in [-0.3, -0.25) is 14.2 Å². The Balaban J connectivity index is 1.53. The molecule has 0 aliphatic heterocycles. The van der Waals surface area contributed by atoms with E-state index >= 15 is 0 Å². The molecule has 3 rings (SSSR count). The van der Waals surface area contributed by atoms with Crippen LogP contribution in [-0.2, 0) is 11.3 Å². The Labute approximate surface area is 147 Å². The third kappa shape index (κ3) is 4.35. The largest absolute Gasteiger partial charge is 0.356 e. The van der Waals surface area contributed by atoms with Crippen LogP contribution >= 0.6 is 0 Å². The maximum atomic E-state index is 12.5. The van der Waals surface area contributed by atoms with Crippen molar-refractivity contribution in [2.45, 2.75) is 52.0 Å². The van der Waals surface area contributed by atoms with Gasteiger partial charge in [0.1, 0.15) is 0 Å². The Hall–Kier alpha value is -2.43. The van der Waals surface area contributed by atoms with Crippen LogP contribution < -0.4 is 10.9 Å². The van der Waals surface area contributed by atoms with Crippen molar-refractivity contribution in [1.82, 2.24) is 14.9 Å². The van der Waals surface area contributed by atoms with E-state index in [0.29, 0.717) is 18.5 Å². The SMILES string of the molecule is Cc1cccc2c(=O)n(CCC(=O)NCCC3=CCCCC3)cnc12. The average molecular weight is 339 g/mol. The number of aryl methyl sites for hydroxylation is 2. The second-order valence-corrected chi connectivity index (χ2v) is 6.67. The minimum absolute atomic E-state index is 0.0207. The van der Waals surface area contributed by atoms with E-state index in [1.165, 1.54) is 35.7 Å². The number of nitrogens with one attached hydrogen (secondary N) is 1. The van der Waals surface area contributed by atoms with Gasteiger partial charge in [0.2, 0.25) is 5.91 Å². The fourth-order valence-electron chi connectivity index (χ4n) is 3.30. The van der Waals surface area contributed by atoms with E-state index in [4.69, 9.17) is 0 Å². The molecule has 25 heavy (non-hydrogen) atoms. The highest BCUT2D eigenvalue weighted by Crippen LogP contribution is 2.19. The second kappa shape index (κ2) is 8.10. The molecule has 5 nitrogen and oxygen atoms in total. The first kappa shape index (κ1) is 17.4. The molecule has 1 aromatic carbocycles. The summed E-state index contributed by atoms with van der Waals surface area (Å²) in [4.78, 5) is 28.9. The van der Waals surface area contributed by atoms with Gasteiger partial charge < -0.3 is 5.32 Å². The maximum Gasteiger partial charge on any atom is 0.261 e. The van der Waals surface area contributed by atoms with Crippen molar-refractivity contribution >= 4 is 16.8 Å². The molecule has 1 aliphatic rings. The predicted octanol–water partition coefficient (Wildman–Crippen LogP) is 3.10. The summed E-state index contributed by atoms with van der Waals surface area (Å²) in [7, 11) is 0. The molecule has 1 aromatic heterocycles. The third-order valence-corrected chi connectivity index (χ3v) is 4.79. The predicted molar refractivity (Wildman–Crippen MR) is 99.5 cm³/mol. The van der Waals surface area contributed by atoms with Gasteiger partial charge in [0.05, 0.1) is 17.2 Å². The Bertz CT molecular complexity index is 852. The number of carbonyl (C=O) groups is 1. The van der Waals surface area contributed by atoms with Crippen LogP contribution in [0.3, 0.4) is 0 Å². The van der Waals surface area contributed by atoms with Crippen LogP contribution in [0.5, 0.6) is 0 Å². The van der Waals surface area contributed by atoms with Crippen molar-refractivity contribution < 1.29 is 4.79 Å². The second-order valence-electron chi connectivity index (χ2n) is 6.67. The zero-order valence-corrected chi connectivity index (χ0v) is 14.8. The molecule has 0 unspecified atom stereocenters.